The third kappa shape index (κ3) is 3.80. The van der Waals surface area contributed by atoms with Gasteiger partial charge in [-0.1, -0.05) is 23.7 Å². The number of halogens is 1. The number of nitrogens with one attached hydrogen (secondary N) is 1. The average molecular weight is 387 g/mol. The first-order chi connectivity index (χ1) is 13.1. The zero-order valence-electron chi connectivity index (χ0n) is 14.6. The van der Waals surface area contributed by atoms with Crippen molar-refractivity contribution in [2.24, 2.45) is 5.92 Å². The number of carbonyl (C=O) groups excluding carboxylic acids is 1. The van der Waals surface area contributed by atoms with E-state index >= 15 is 0 Å². The quantitative estimate of drug-likeness (QED) is 0.715. The maximum absolute atomic E-state index is 12.3. The van der Waals surface area contributed by atoms with Crippen LogP contribution in [0.3, 0.4) is 0 Å². The molecule has 27 heavy (non-hydrogen) atoms. The first-order valence-electron chi connectivity index (χ1n) is 8.77. The molecule has 3 N–H and O–H groups in total. The Kier molecular flexibility index (Phi) is 4.81. The van der Waals surface area contributed by atoms with Crippen LogP contribution in [0.15, 0.2) is 30.6 Å². The van der Waals surface area contributed by atoms with Crippen LogP contribution in [0.2, 0.25) is 5.02 Å². The molecular formula is C18H19ClN6O2. The molecule has 0 bridgehead atoms. The van der Waals surface area contributed by atoms with Crippen LogP contribution < -0.4 is 10.5 Å². The lowest BCUT2D eigenvalue weighted by atomic mass is 9.93. The summed E-state index contributed by atoms with van der Waals surface area (Å²) in [5.74, 6) is 1.84. The second kappa shape index (κ2) is 7.40. The number of carbonyl (C=O) groups is 1. The molecule has 1 fully saturated rings. The van der Waals surface area contributed by atoms with Gasteiger partial charge in [0, 0.05) is 19.5 Å². The number of anilines is 1. The van der Waals surface area contributed by atoms with E-state index in [4.69, 9.17) is 22.1 Å². The molecule has 0 spiro atoms. The molecule has 1 aromatic carbocycles. The number of H-pyrrole nitrogens is 1. The number of hydrogen-bond donors (Lipinski definition) is 2. The molecule has 2 aromatic heterocycles. The van der Waals surface area contributed by atoms with Crippen LogP contribution in [0, 0.1) is 5.92 Å². The minimum Gasteiger partial charge on any atom is -0.409 e. The third-order valence-electron chi connectivity index (χ3n) is 4.73. The van der Waals surface area contributed by atoms with E-state index in [-0.39, 0.29) is 6.09 Å². The van der Waals surface area contributed by atoms with Crippen molar-refractivity contribution < 1.29 is 9.53 Å². The Balaban J connectivity index is 1.34. The van der Waals surface area contributed by atoms with Crippen LogP contribution in [0.1, 0.15) is 18.7 Å². The van der Waals surface area contributed by atoms with Gasteiger partial charge in [0.1, 0.15) is 11.3 Å². The number of rotatable bonds is 3. The van der Waals surface area contributed by atoms with Crippen LogP contribution in [-0.2, 0) is 6.42 Å². The molecule has 1 aliphatic rings. The first kappa shape index (κ1) is 17.5. The highest BCUT2D eigenvalue weighted by atomic mass is 35.5. The fourth-order valence-electron chi connectivity index (χ4n) is 3.26. The van der Waals surface area contributed by atoms with Crippen LogP contribution in [0.4, 0.5) is 10.6 Å². The fraction of sp³-hybridized carbons (Fsp3) is 0.333. The van der Waals surface area contributed by atoms with Gasteiger partial charge in [0.05, 0.1) is 11.3 Å². The Morgan fingerprint density at radius 3 is 2.85 bits per heavy atom. The van der Waals surface area contributed by atoms with E-state index < -0.39 is 0 Å². The highest BCUT2D eigenvalue weighted by Crippen LogP contribution is 2.26. The molecule has 0 radical (unpaired) electrons. The average Bonchev–Trinajstić information content (AvgIpc) is 3.13. The van der Waals surface area contributed by atoms with Crippen molar-refractivity contribution in [2.75, 3.05) is 18.8 Å². The first-order valence-corrected chi connectivity index (χ1v) is 9.14. The van der Waals surface area contributed by atoms with E-state index in [1.54, 1.807) is 35.5 Å². The fourth-order valence-corrected chi connectivity index (χ4v) is 3.44. The van der Waals surface area contributed by atoms with E-state index in [0.29, 0.717) is 59.0 Å². The third-order valence-corrected chi connectivity index (χ3v) is 5.04. The number of ether oxygens (including phenoxy) is 1. The predicted molar refractivity (Wildman–Crippen MR) is 102 cm³/mol. The topological polar surface area (TPSA) is 110 Å². The Morgan fingerprint density at radius 1 is 1.30 bits per heavy atom. The number of likely N-dealkylation sites (tertiary alicyclic amines) is 1. The van der Waals surface area contributed by atoms with Crippen molar-refractivity contribution >= 4 is 34.7 Å². The van der Waals surface area contributed by atoms with Gasteiger partial charge in [0.2, 0.25) is 0 Å². The number of fused-ring (bicyclic) bond motifs is 1. The number of imidazole rings is 1. The Hall–Kier alpha value is -2.87. The number of benzene rings is 1. The highest BCUT2D eigenvalue weighted by molar-refractivity contribution is 6.32. The Labute approximate surface area is 160 Å². The number of nitrogen functional groups attached to an aromatic ring is 1. The molecule has 4 rings (SSSR count). The number of amides is 1. The molecule has 0 aliphatic carbocycles. The molecule has 3 aromatic rings. The largest absolute Gasteiger partial charge is 0.415 e. The number of piperidine rings is 1. The minimum absolute atomic E-state index is 0.374. The standard InChI is InChI=1S/C18H19ClN6O2/c19-12-3-1-2-4-13(12)27-18(26)25-7-5-11(6-8-25)9-14-23-16(20)15-17(24-14)22-10-21-15/h1-4,10-11H,5-9H2,(H3,20,21,22,23,24). The van der Waals surface area contributed by atoms with Gasteiger partial charge in [-0.3, -0.25) is 0 Å². The molecule has 140 valence electrons. The van der Waals surface area contributed by atoms with Crippen molar-refractivity contribution in [3.8, 4) is 5.75 Å². The molecule has 1 amide bonds. The van der Waals surface area contributed by atoms with Gasteiger partial charge < -0.3 is 20.4 Å². The minimum atomic E-state index is -0.374. The van der Waals surface area contributed by atoms with Gasteiger partial charge in [-0.15, -0.1) is 0 Å². The van der Waals surface area contributed by atoms with Gasteiger partial charge in [0.25, 0.3) is 0 Å². The lowest BCUT2D eigenvalue weighted by molar-refractivity contribution is 0.130. The maximum Gasteiger partial charge on any atom is 0.415 e. The number of nitrogens with zero attached hydrogens (tertiary/aromatic N) is 4. The van der Waals surface area contributed by atoms with Crippen molar-refractivity contribution in [3.05, 3.63) is 41.4 Å². The molecule has 1 aliphatic heterocycles. The van der Waals surface area contributed by atoms with E-state index in [1.807, 2.05) is 0 Å². The number of para-hydroxylation sites is 1. The zero-order valence-corrected chi connectivity index (χ0v) is 15.3. The molecule has 0 saturated carbocycles. The van der Waals surface area contributed by atoms with Crippen LogP contribution in [0.25, 0.3) is 11.2 Å². The Bertz CT molecular complexity index is 967. The molecule has 3 heterocycles. The van der Waals surface area contributed by atoms with Crippen LogP contribution >= 0.6 is 11.6 Å². The van der Waals surface area contributed by atoms with E-state index in [2.05, 4.69) is 19.9 Å². The van der Waals surface area contributed by atoms with Gasteiger partial charge in [-0.2, -0.15) is 0 Å². The summed E-state index contributed by atoms with van der Waals surface area (Å²) in [6.07, 6.45) is 3.60. The number of aromatic nitrogens is 4. The predicted octanol–water partition coefficient (Wildman–Crippen LogP) is 3.04. The molecular weight excluding hydrogens is 368 g/mol. The maximum atomic E-state index is 12.3. The summed E-state index contributed by atoms with van der Waals surface area (Å²) in [5.41, 5.74) is 7.18. The second-order valence-electron chi connectivity index (χ2n) is 6.56. The molecule has 9 heteroatoms. The van der Waals surface area contributed by atoms with Crippen molar-refractivity contribution in [3.63, 3.8) is 0 Å². The van der Waals surface area contributed by atoms with E-state index in [1.165, 1.54) is 0 Å². The number of aromatic amines is 1. The molecule has 8 nitrogen and oxygen atoms in total. The Morgan fingerprint density at radius 2 is 2.07 bits per heavy atom. The highest BCUT2D eigenvalue weighted by Gasteiger charge is 2.25. The van der Waals surface area contributed by atoms with Crippen molar-refractivity contribution in [1.29, 1.82) is 0 Å². The smallest absolute Gasteiger partial charge is 0.409 e. The van der Waals surface area contributed by atoms with Gasteiger partial charge >= 0.3 is 6.09 Å². The van der Waals surface area contributed by atoms with Crippen molar-refractivity contribution in [2.45, 2.75) is 19.3 Å². The van der Waals surface area contributed by atoms with Gasteiger partial charge in [-0.05, 0) is 30.9 Å². The second-order valence-corrected chi connectivity index (χ2v) is 6.96. The van der Waals surface area contributed by atoms with E-state index in [0.717, 1.165) is 12.8 Å². The summed E-state index contributed by atoms with van der Waals surface area (Å²) in [7, 11) is 0. The summed E-state index contributed by atoms with van der Waals surface area (Å²) >= 11 is 6.04. The summed E-state index contributed by atoms with van der Waals surface area (Å²) in [4.78, 5) is 29.9. The van der Waals surface area contributed by atoms with E-state index in [9.17, 15) is 4.79 Å². The van der Waals surface area contributed by atoms with Crippen LogP contribution in [-0.4, -0.2) is 44.0 Å². The molecule has 0 atom stereocenters. The van der Waals surface area contributed by atoms with Crippen molar-refractivity contribution in [1.82, 2.24) is 24.8 Å². The molecule has 0 unspecified atom stereocenters. The number of hydrogen-bond acceptors (Lipinski definition) is 6. The lowest BCUT2D eigenvalue weighted by Gasteiger charge is -2.31. The monoisotopic (exact) mass is 386 g/mol. The lowest BCUT2D eigenvalue weighted by Crippen LogP contribution is -2.40. The summed E-state index contributed by atoms with van der Waals surface area (Å²) < 4.78 is 5.40. The van der Waals surface area contributed by atoms with Gasteiger partial charge in [0.15, 0.2) is 17.2 Å². The summed E-state index contributed by atoms with van der Waals surface area (Å²) in [6.45, 7) is 1.24. The summed E-state index contributed by atoms with van der Waals surface area (Å²) in [6, 6.07) is 6.95. The normalized spacial score (nSPS) is 15.2. The van der Waals surface area contributed by atoms with Crippen LogP contribution in [0.5, 0.6) is 5.75 Å². The SMILES string of the molecule is Nc1nc(CC2CCN(C(=O)Oc3ccccc3Cl)CC2)nc2[nH]cnc12. The number of nitrogens with two attached hydrogens (primary N) is 1. The van der Waals surface area contributed by atoms with Gasteiger partial charge in [-0.25, -0.2) is 19.7 Å². The molecule has 1 saturated heterocycles. The summed E-state index contributed by atoms with van der Waals surface area (Å²) in [5, 5.41) is 0.421. The zero-order chi connectivity index (χ0) is 18.8.